The van der Waals surface area contributed by atoms with E-state index < -0.39 is 25.6 Å². The maximum absolute atomic E-state index is 11.4. The van der Waals surface area contributed by atoms with Crippen LogP contribution in [0.5, 0.6) is 0 Å². The summed E-state index contributed by atoms with van der Waals surface area (Å²) in [6.07, 6.45) is 0. The second-order valence-corrected chi connectivity index (χ2v) is 3.97. The fourth-order valence-electron chi connectivity index (χ4n) is 1.16. The van der Waals surface area contributed by atoms with Gasteiger partial charge < -0.3 is 18.5 Å². The highest BCUT2D eigenvalue weighted by Gasteiger charge is 2.52. The molecule has 0 aromatic heterocycles. The van der Waals surface area contributed by atoms with Crippen molar-refractivity contribution in [2.45, 2.75) is 0 Å². The van der Waals surface area contributed by atoms with Crippen LogP contribution >= 0.6 is 8.25 Å². The summed E-state index contributed by atoms with van der Waals surface area (Å²) in [6, 6.07) is 0. The Hall–Kier alpha value is -0.910. The van der Waals surface area contributed by atoms with Gasteiger partial charge in [0.05, 0.1) is 27.4 Å². The molecule has 0 atom stereocenters. The lowest BCUT2D eigenvalue weighted by Gasteiger charge is -2.30. The Balaban J connectivity index is 2.92. The zero-order valence-electron chi connectivity index (χ0n) is 8.27. The van der Waals surface area contributed by atoms with Gasteiger partial charge in [0.25, 0.3) is 0 Å². The number of carbonyl (C=O) groups excluding carboxylic acids is 2. The van der Waals surface area contributed by atoms with Crippen LogP contribution in [-0.2, 0) is 32.7 Å². The maximum Gasteiger partial charge on any atom is 0.328 e. The standard InChI is InChI=1S/C7H11O7P/c1-11-5(8)7(6(9)12-2)3-13-15(10)14-4-7/h15H,3-4H2,1-2H3. The van der Waals surface area contributed by atoms with Crippen LogP contribution in [0.15, 0.2) is 0 Å². The van der Waals surface area contributed by atoms with Crippen molar-refractivity contribution in [3.63, 3.8) is 0 Å². The minimum absolute atomic E-state index is 0.357. The predicted octanol–water partition coefficient (Wildman–Crippen LogP) is -0.245. The zero-order valence-corrected chi connectivity index (χ0v) is 9.27. The van der Waals surface area contributed by atoms with Crippen LogP contribution in [-0.4, -0.2) is 39.4 Å². The summed E-state index contributed by atoms with van der Waals surface area (Å²) < 4.78 is 29.1. The number of hydrogen-bond donors (Lipinski definition) is 0. The van der Waals surface area contributed by atoms with Gasteiger partial charge in [-0.25, -0.2) is 0 Å². The fourth-order valence-corrected chi connectivity index (χ4v) is 1.97. The van der Waals surface area contributed by atoms with Gasteiger partial charge in [0.2, 0.25) is 5.41 Å². The summed E-state index contributed by atoms with van der Waals surface area (Å²) in [4.78, 5) is 22.8. The van der Waals surface area contributed by atoms with E-state index in [2.05, 4.69) is 18.5 Å². The maximum atomic E-state index is 11.4. The van der Waals surface area contributed by atoms with E-state index in [4.69, 9.17) is 0 Å². The summed E-state index contributed by atoms with van der Waals surface area (Å²) in [5.74, 6) is -1.66. The van der Waals surface area contributed by atoms with Crippen molar-refractivity contribution < 1.29 is 32.7 Å². The number of esters is 2. The molecule has 0 bridgehead atoms. The van der Waals surface area contributed by atoms with Gasteiger partial charge >= 0.3 is 20.2 Å². The average Bonchev–Trinajstić information content (AvgIpc) is 2.28. The third-order valence-corrected chi connectivity index (χ3v) is 2.79. The fraction of sp³-hybridized carbons (Fsp3) is 0.714. The lowest BCUT2D eigenvalue weighted by Crippen LogP contribution is -2.49. The topological polar surface area (TPSA) is 88.1 Å². The van der Waals surface area contributed by atoms with Gasteiger partial charge in [-0.15, -0.1) is 0 Å². The smallest absolute Gasteiger partial charge is 0.328 e. The monoisotopic (exact) mass is 238 g/mol. The third kappa shape index (κ3) is 2.19. The van der Waals surface area contributed by atoms with Crippen molar-refractivity contribution in [2.75, 3.05) is 27.4 Å². The highest BCUT2D eigenvalue weighted by atomic mass is 31.1. The summed E-state index contributed by atoms with van der Waals surface area (Å²) in [5.41, 5.74) is -1.66. The molecule has 0 unspecified atom stereocenters. The molecular weight excluding hydrogens is 227 g/mol. The van der Waals surface area contributed by atoms with Gasteiger partial charge in [-0.05, 0) is 0 Å². The van der Waals surface area contributed by atoms with Crippen LogP contribution in [0.2, 0.25) is 0 Å². The van der Waals surface area contributed by atoms with Gasteiger partial charge in [-0.1, -0.05) is 0 Å². The molecule has 0 saturated carbocycles. The first-order chi connectivity index (χ1) is 7.06. The van der Waals surface area contributed by atoms with E-state index in [1.807, 2.05) is 0 Å². The minimum Gasteiger partial charge on any atom is -0.468 e. The quantitative estimate of drug-likeness (QED) is 0.372. The van der Waals surface area contributed by atoms with Crippen LogP contribution in [0.3, 0.4) is 0 Å². The Morgan fingerprint density at radius 1 is 1.13 bits per heavy atom. The first-order valence-electron chi connectivity index (χ1n) is 4.03. The Kier molecular flexibility index (Phi) is 3.84. The molecule has 0 aliphatic carbocycles. The molecule has 0 aromatic rings. The normalized spacial score (nSPS) is 20.7. The number of ether oxygens (including phenoxy) is 2. The third-order valence-electron chi connectivity index (χ3n) is 2.03. The lowest BCUT2D eigenvalue weighted by atomic mass is 9.90. The Labute approximate surface area is 86.6 Å². The molecule has 1 saturated heterocycles. The first-order valence-corrected chi connectivity index (χ1v) is 5.25. The van der Waals surface area contributed by atoms with Crippen molar-refractivity contribution in [3.8, 4) is 0 Å². The summed E-state index contributed by atoms with van der Waals surface area (Å²) in [7, 11) is -0.352. The Morgan fingerprint density at radius 2 is 1.53 bits per heavy atom. The molecule has 0 radical (unpaired) electrons. The van der Waals surface area contributed by atoms with Crippen LogP contribution in [0, 0.1) is 5.41 Å². The average molecular weight is 238 g/mol. The van der Waals surface area contributed by atoms with Crippen molar-refractivity contribution in [2.24, 2.45) is 5.41 Å². The molecule has 15 heavy (non-hydrogen) atoms. The highest BCUT2D eigenvalue weighted by molar-refractivity contribution is 7.33. The summed E-state index contributed by atoms with van der Waals surface area (Å²) >= 11 is 0. The van der Waals surface area contributed by atoms with E-state index in [1.54, 1.807) is 0 Å². The van der Waals surface area contributed by atoms with Crippen LogP contribution < -0.4 is 0 Å². The van der Waals surface area contributed by atoms with Crippen molar-refractivity contribution in [1.29, 1.82) is 0 Å². The number of methoxy groups -OCH3 is 2. The number of rotatable bonds is 2. The second-order valence-electron chi connectivity index (χ2n) is 2.89. The van der Waals surface area contributed by atoms with Crippen LogP contribution in [0.1, 0.15) is 0 Å². The van der Waals surface area contributed by atoms with Crippen molar-refractivity contribution >= 4 is 20.2 Å². The molecular formula is C7H11O7P. The largest absolute Gasteiger partial charge is 0.468 e. The van der Waals surface area contributed by atoms with Gasteiger partial charge in [0.15, 0.2) is 0 Å². The Morgan fingerprint density at radius 3 is 1.87 bits per heavy atom. The number of carbonyl (C=O) groups is 2. The van der Waals surface area contributed by atoms with E-state index >= 15 is 0 Å². The van der Waals surface area contributed by atoms with Crippen molar-refractivity contribution in [3.05, 3.63) is 0 Å². The van der Waals surface area contributed by atoms with E-state index in [-0.39, 0.29) is 13.2 Å². The Bertz CT molecular complexity index is 272. The van der Waals surface area contributed by atoms with E-state index in [9.17, 15) is 14.2 Å². The van der Waals surface area contributed by atoms with E-state index in [1.165, 1.54) is 0 Å². The highest BCUT2D eigenvalue weighted by Crippen LogP contribution is 2.38. The molecule has 0 N–H and O–H groups in total. The molecule has 1 heterocycles. The number of hydrogen-bond acceptors (Lipinski definition) is 7. The molecule has 1 aliphatic heterocycles. The van der Waals surface area contributed by atoms with Crippen LogP contribution in [0.4, 0.5) is 0 Å². The first kappa shape index (κ1) is 12.2. The molecule has 1 fully saturated rings. The minimum atomic E-state index is -2.61. The van der Waals surface area contributed by atoms with Gasteiger partial charge in [0, 0.05) is 0 Å². The zero-order chi connectivity index (χ0) is 11.5. The second kappa shape index (κ2) is 4.74. The molecule has 8 heteroatoms. The molecule has 1 rings (SSSR count). The summed E-state index contributed by atoms with van der Waals surface area (Å²) in [5, 5.41) is 0. The molecule has 86 valence electrons. The van der Waals surface area contributed by atoms with Gasteiger partial charge in [-0.3, -0.25) is 14.2 Å². The molecule has 0 spiro atoms. The van der Waals surface area contributed by atoms with Gasteiger partial charge in [-0.2, -0.15) is 0 Å². The van der Waals surface area contributed by atoms with Gasteiger partial charge in [0.1, 0.15) is 0 Å². The van der Waals surface area contributed by atoms with Crippen LogP contribution in [0.25, 0.3) is 0 Å². The molecule has 7 nitrogen and oxygen atoms in total. The molecule has 0 aromatic carbocycles. The van der Waals surface area contributed by atoms with Crippen molar-refractivity contribution in [1.82, 2.24) is 0 Å². The van der Waals surface area contributed by atoms with E-state index in [0.717, 1.165) is 14.2 Å². The lowest BCUT2D eigenvalue weighted by molar-refractivity contribution is -0.176. The molecule has 0 amide bonds. The SMILES string of the molecule is COC(=O)C1(C(=O)OC)CO[PH](=O)OC1. The predicted molar refractivity (Wildman–Crippen MR) is 47.4 cm³/mol. The summed E-state index contributed by atoms with van der Waals surface area (Å²) in [6.45, 7) is -0.714. The molecule has 1 aliphatic rings. The van der Waals surface area contributed by atoms with E-state index in [0.29, 0.717) is 0 Å².